The lowest BCUT2D eigenvalue weighted by Crippen LogP contribution is -2.20. The molecule has 0 atom stereocenters. The van der Waals surface area contributed by atoms with Gasteiger partial charge in [0.1, 0.15) is 17.3 Å². The summed E-state index contributed by atoms with van der Waals surface area (Å²) in [4.78, 5) is 6.67. The van der Waals surface area contributed by atoms with Gasteiger partial charge in [-0.15, -0.1) is 0 Å². The number of aromatic amines is 1. The molecule has 3 aromatic rings. The molecule has 7 heteroatoms. The second-order valence-electron chi connectivity index (χ2n) is 6.14. The Balaban J connectivity index is 1.80. The van der Waals surface area contributed by atoms with Crippen LogP contribution in [0.1, 0.15) is 18.3 Å². The largest absolute Gasteiger partial charge is 0.497 e. The summed E-state index contributed by atoms with van der Waals surface area (Å²) >= 11 is 0. The van der Waals surface area contributed by atoms with Gasteiger partial charge in [-0.1, -0.05) is 0 Å². The molecule has 0 fully saturated rings. The smallest absolute Gasteiger partial charge is 0.131 e. The Hall–Kier alpha value is -2.80. The highest BCUT2D eigenvalue weighted by Gasteiger charge is 2.16. The molecule has 0 unspecified atom stereocenters. The van der Waals surface area contributed by atoms with Crippen LogP contribution in [-0.2, 0) is 19.6 Å². The highest BCUT2D eigenvalue weighted by molar-refractivity contribution is 5.71. The molecule has 0 aliphatic heterocycles. The summed E-state index contributed by atoms with van der Waals surface area (Å²) in [6, 6.07) is 5.78. The molecule has 1 aromatic carbocycles. The average Bonchev–Trinajstić information content (AvgIpc) is 3.30. The van der Waals surface area contributed by atoms with Crippen molar-refractivity contribution in [3.63, 3.8) is 0 Å². The molecule has 1 N–H and O–H groups in total. The SMILES string of the molecule is CCn1ccnc1CN(C)Cc1cn[nH]c1-c1ccc(OC)cc1OC. The first kappa shape index (κ1) is 18.0. The van der Waals surface area contributed by atoms with Crippen LogP contribution in [0.4, 0.5) is 0 Å². The van der Waals surface area contributed by atoms with E-state index in [-0.39, 0.29) is 0 Å². The molecule has 138 valence electrons. The number of rotatable bonds is 8. The molecule has 2 heterocycles. The third-order valence-corrected chi connectivity index (χ3v) is 4.39. The molecule has 3 rings (SSSR count). The van der Waals surface area contributed by atoms with Crippen molar-refractivity contribution in [3.8, 4) is 22.8 Å². The Bertz CT molecular complexity index is 855. The Morgan fingerprint density at radius 1 is 1.19 bits per heavy atom. The van der Waals surface area contributed by atoms with Crippen LogP contribution >= 0.6 is 0 Å². The standard InChI is InChI=1S/C19H25N5O2/c1-5-24-9-8-20-18(24)13-23(2)12-14-11-21-22-19(14)16-7-6-15(25-3)10-17(16)26-4/h6-11H,5,12-13H2,1-4H3,(H,21,22). The topological polar surface area (TPSA) is 68.2 Å². The summed E-state index contributed by atoms with van der Waals surface area (Å²) in [7, 11) is 5.38. The first-order valence-electron chi connectivity index (χ1n) is 8.59. The zero-order chi connectivity index (χ0) is 18.5. The summed E-state index contributed by atoms with van der Waals surface area (Å²) in [6.45, 7) is 4.56. The maximum absolute atomic E-state index is 5.53. The van der Waals surface area contributed by atoms with Crippen LogP contribution in [-0.4, -0.2) is 45.9 Å². The van der Waals surface area contributed by atoms with Gasteiger partial charge in [-0.25, -0.2) is 4.98 Å². The fraction of sp³-hybridized carbons (Fsp3) is 0.368. The zero-order valence-corrected chi connectivity index (χ0v) is 15.7. The molecule has 7 nitrogen and oxygen atoms in total. The monoisotopic (exact) mass is 355 g/mol. The van der Waals surface area contributed by atoms with Crippen molar-refractivity contribution in [2.24, 2.45) is 0 Å². The molecule has 26 heavy (non-hydrogen) atoms. The number of nitrogens with zero attached hydrogens (tertiary/aromatic N) is 4. The van der Waals surface area contributed by atoms with Crippen LogP contribution in [0.5, 0.6) is 11.5 Å². The summed E-state index contributed by atoms with van der Waals surface area (Å²) < 4.78 is 13.0. The van der Waals surface area contributed by atoms with E-state index in [4.69, 9.17) is 9.47 Å². The number of H-pyrrole nitrogens is 1. The van der Waals surface area contributed by atoms with Gasteiger partial charge in [-0.3, -0.25) is 10.00 Å². The lowest BCUT2D eigenvalue weighted by molar-refractivity contribution is 0.306. The average molecular weight is 355 g/mol. The lowest BCUT2D eigenvalue weighted by atomic mass is 10.1. The third kappa shape index (κ3) is 3.72. The minimum absolute atomic E-state index is 0.748. The summed E-state index contributed by atoms with van der Waals surface area (Å²) in [6.07, 6.45) is 5.72. The number of aromatic nitrogens is 4. The van der Waals surface area contributed by atoms with E-state index in [1.807, 2.05) is 36.8 Å². The normalized spacial score (nSPS) is 11.1. The molecular weight excluding hydrogens is 330 g/mol. The van der Waals surface area contributed by atoms with E-state index < -0.39 is 0 Å². The van der Waals surface area contributed by atoms with Crippen molar-refractivity contribution in [1.82, 2.24) is 24.6 Å². The second-order valence-corrected chi connectivity index (χ2v) is 6.14. The predicted octanol–water partition coefficient (Wildman–Crippen LogP) is 2.94. The fourth-order valence-electron chi connectivity index (χ4n) is 3.04. The van der Waals surface area contributed by atoms with Crippen LogP contribution in [0.3, 0.4) is 0 Å². The van der Waals surface area contributed by atoms with E-state index in [9.17, 15) is 0 Å². The first-order valence-corrected chi connectivity index (χ1v) is 8.59. The number of imidazole rings is 1. The van der Waals surface area contributed by atoms with E-state index in [0.29, 0.717) is 0 Å². The van der Waals surface area contributed by atoms with Crippen molar-refractivity contribution in [1.29, 1.82) is 0 Å². The number of nitrogens with one attached hydrogen (secondary N) is 1. The maximum atomic E-state index is 5.53. The molecule has 0 spiro atoms. The van der Waals surface area contributed by atoms with Crippen LogP contribution in [0.25, 0.3) is 11.3 Å². The summed E-state index contributed by atoms with van der Waals surface area (Å²) in [5.74, 6) is 2.57. The van der Waals surface area contributed by atoms with Gasteiger partial charge in [0.15, 0.2) is 0 Å². The van der Waals surface area contributed by atoms with Crippen LogP contribution in [0.2, 0.25) is 0 Å². The second kappa shape index (κ2) is 8.05. The number of aryl methyl sites for hydroxylation is 1. The molecule has 0 saturated heterocycles. The number of hydrogen-bond acceptors (Lipinski definition) is 5. The molecule has 0 aliphatic carbocycles. The van der Waals surface area contributed by atoms with Crippen LogP contribution in [0.15, 0.2) is 36.8 Å². The molecular formula is C19H25N5O2. The molecule has 0 bridgehead atoms. The van der Waals surface area contributed by atoms with Crippen molar-refractivity contribution < 1.29 is 9.47 Å². The van der Waals surface area contributed by atoms with E-state index in [2.05, 4.69) is 38.6 Å². The number of methoxy groups -OCH3 is 2. The van der Waals surface area contributed by atoms with Gasteiger partial charge in [0.05, 0.1) is 32.7 Å². The molecule has 0 amide bonds. The zero-order valence-electron chi connectivity index (χ0n) is 15.7. The highest BCUT2D eigenvalue weighted by atomic mass is 16.5. The minimum atomic E-state index is 0.748. The van der Waals surface area contributed by atoms with Crippen LogP contribution < -0.4 is 9.47 Å². The van der Waals surface area contributed by atoms with Crippen molar-refractivity contribution >= 4 is 0 Å². The van der Waals surface area contributed by atoms with Crippen molar-refractivity contribution in [2.45, 2.75) is 26.6 Å². The van der Waals surface area contributed by atoms with Crippen LogP contribution in [0, 0.1) is 0 Å². The maximum Gasteiger partial charge on any atom is 0.131 e. The number of benzene rings is 1. The Morgan fingerprint density at radius 2 is 2.04 bits per heavy atom. The molecule has 0 aliphatic rings. The van der Waals surface area contributed by atoms with E-state index in [0.717, 1.165) is 53.8 Å². The van der Waals surface area contributed by atoms with Gasteiger partial charge in [0, 0.05) is 42.7 Å². The lowest BCUT2D eigenvalue weighted by Gasteiger charge is -2.17. The minimum Gasteiger partial charge on any atom is -0.497 e. The predicted molar refractivity (Wildman–Crippen MR) is 100 cm³/mol. The van der Waals surface area contributed by atoms with Gasteiger partial charge in [0.2, 0.25) is 0 Å². The van der Waals surface area contributed by atoms with Gasteiger partial charge in [0.25, 0.3) is 0 Å². The van der Waals surface area contributed by atoms with Gasteiger partial charge in [-0.05, 0) is 26.1 Å². The summed E-state index contributed by atoms with van der Waals surface area (Å²) in [5.41, 5.74) is 3.02. The van der Waals surface area contributed by atoms with Gasteiger partial charge in [-0.2, -0.15) is 5.10 Å². The van der Waals surface area contributed by atoms with E-state index >= 15 is 0 Å². The first-order chi connectivity index (χ1) is 12.7. The van der Waals surface area contributed by atoms with Gasteiger partial charge < -0.3 is 14.0 Å². The summed E-state index contributed by atoms with van der Waals surface area (Å²) in [5, 5.41) is 7.34. The van der Waals surface area contributed by atoms with E-state index in [1.54, 1.807) is 14.2 Å². The van der Waals surface area contributed by atoms with Crippen molar-refractivity contribution in [2.75, 3.05) is 21.3 Å². The number of ether oxygens (including phenoxy) is 2. The molecule has 0 saturated carbocycles. The number of hydrogen-bond donors (Lipinski definition) is 1. The molecule has 0 radical (unpaired) electrons. The molecule has 2 aromatic heterocycles. The van der Waals surface area contributed by atoms with E-state index in [1.165, 1.54) is 0 Å². The third-order valence-electron chi connectivity index (χ3n) is 4.39. The Kier molecular flexibility index (Phi) is 5.58. The Labute approximate surface area is 153 Å². The fourth-order valence-corrected chi connectivity index (χ4v) is 3.04. The van der Waals surface area contributed by atoms with Crippen molar-refractivity contribution in [3.05, 3.63) is 48.2 Å². The Morgan fingerprint density at radius 3 is 2.77 bits per heavy atom. The quantitative estimate of drug-likeness (QED) is 0.673. The van der Waals surface area contributed by atoms with Gasteiger partial charge >= 0.3 is 0 Å². The highest BCUT2D eigenvalue weighted by Crippen LogP contribution is 2.34.